The molecule has 1 N–H and O–H groups in total. The van der Waals surface area contributed by atoms with Crippen molar-refractivity contribution in [3.63, 3.8) is 0 Å². The lowest BCUT2D eigenvalue weighted by molar-refractivity contribution is -0.146. The first-order valence-corrected chi connectivity index (χ1v) is 5.08. The van der Waals surface area contributed by atoms with Crippen molar-refractivity contribution in [3.8, 4) is 0 Å². The first-order chi connectivity index (χ1) is 6.56. The van der Waals surface area contributed by atoms with Gasteiger partial charge in [-0.15, -0.1) is 0 Å². The third kappa shape index (κ3) is 8.01. The zero-order chi connectivity index (χ0) is 11.0. The van der Waals surface area contributed by atoms with Crippen molar-refractivity contribution in [2.45, 2.75) is 39.9 Å². The van der Waals surface area contributed by atoms with Crippen LogP contribution in [0.2, 0.25) is 0 Å². The molecule has 0 rings (SSSR count). The molecule has 0 aromatic heterocycles. The minimum absolute atomic E-state index is 0.0476. The monoisotopic (exact) mass is 203 g/mol. The van der Waals surface area contributed by atoms with E-state index in [1.807, 2.05) is 27.7 Å². The van der Waals surface area contributed by atoms with Crippen LogP contribution in [0.3, 0.4) is 0 Å². The molecule has 0 aliphatic carbocycles. The Bertz CT molecular complexity index is 159. The zero-order valence-corrected chi connectivity index (χ0v) is 9.50. The largest absolute Gasteiger partial charge is 0.462 e. The van der Waals surface area contributed by atoms with Crippen LogP contribution < -0.4 is 5.32 Å². The highest BCUT2D eigenvalue weighted by molar-refractivity contribution is 5.71. The van der Waals surface area contributed by atoms with E-state index >= 15 is 0 Å². The van der Waals surface area contributed by atoms with E-state index in [1.54, 1.807) is 0 Å². The Morgan fingerprint density at radius 2 is 2.00 bits per heavy atom. The predicted molar refractivity (Wildman–Crippen MR) is 55.2 cm³/mol. The highest BCUT2D eigenvalue weighted by Crippen LogP contribution is 1.89. The number of carbonyl (C=O) groups is 1. The summed E-state index contributed by atoms with van der Waals surface area (Å²) in [7, 11) is 0. The van der Waals surface area contributed by atoms with Gasteiger partial charge in [0.1, 0.15) is 0 Å². The van der Waals surface area contributed by atoms with E-state index in [4.69, 9.17) is 9.47 Å². The predicted octanol–water partition coefficient (Wildman–Crippen LogP) is 0.953. The number of ether oxygens (including phenoxy) is 2. The third-order valence-electron chi connectivity index (χ3n) is 1.52. The fourth-order valence-electron chi connectivity index (χ4n) is 1.03. The first kappa shape index (κ1) is 13.4. The van der Waals surface area contributed by atoms with Gasteiger partial charge in [0.2, 0.25) is 0 Å². The third-order valence-corrected chi connectivity index (χ3v) is 1.52. The molecule has 0 heterocycles. The average Bonchev–Trinajstić information content (AvgIpc) is 2.02. The maximum atomic E-state index is 11.1. The molecule has 4 heteroatoms. The minimum Gasteiger partial charge on any atom is -0.462 e. The number of rotatable bonds is 7. The summed E-state index contributed by atoms with van der Waals surface area (Å²) < 4.78 is 10.2. The minimum atomic E-state index is -0.219. The van der Waals surface area contributed by atoms with Crippen LogP contribution in [0.1, 0.15) is 27.7 Å². The van der Waals surface area contributed by atoms with Gasteiger partial charge in [-0.3, -0.25) is 4.79 Å². The molecule has 0 aliphatic heterocycles. The van der Waals surface area contributed by atoms with Gasteiger partial charge in [-0.2, -0.15) is 0 Å². The topological polar surface area (TPSA) is 47.6 Å². The Kier molecular flexibility index (Phi) is 7.42. The molecule has 0 amide bonds. The molecule has 4 nitrogen and oxygen atoms in total. The van der Waals surface area contributed by atoms with E-state index in [1.165, 1.54) is 0 Å². The van der Waals surface area contributed by atoms with E-state index in [9.17, 15) is 4.79 Å². The van der Waals surface area contributed by atoms with Crippen LogP contribution >= 0.6 is 0 Å². The molecule has 0 spiro atoms. The number of esters is 1. The Morgan fingerprint density at radius 1 is 1.36 bits per heavy atom. The molecule has 84 valence electrons. The molecule has 0 aliphatic rings. The standard InChI is InChI=1S/C10H21NO3/c1-5-13-9(4)6-11-7-10(12)14-8(2)3/h8-9,11H,5-7H2,1-4H3. The molecular formula is C10H21NO3. The lowest BCUT2D eigenvalue weighted by Crippen LogP contribution is -2.32. The van der Waals surface area contributed by atoms with E-state index < -0.39 is 0 Å². The van der Waals surface area contributed by atoms with Crippen molar-refractivity contribution in [1.82, 2.24) is 5.32 Å². The van der Waals surface area contributed by atoms with Gasteiger partial charge < -0.3 is 14.8 Å². The molecule has 0 fully saturated rings. The van der Waals surface area contributed by atoms with Crippen molar-refractivity contribution >= 4 is 5.97 Å². The lowest BCUT2D eigenvalue weighted by atomic mass is 10.4. The summed E-state index contributed by atoms with van der Waals surface area (Å²) in [6.07, 6.45) is 0.0838. The van der Waals surface area contributed by atoms with Crippen molar-refractivity contribution in [2.75, 3.05) is 19.7 Å². The molecule has 0 saturated carbocycles. The van der Waals surface area contributed by atoms with Gasteiger partial charge in [0.15, 0.2) is 0 Å². The van der Waals surface area contributed by atoms with Crippen LogP contribution in [0.25, 0.3) is 0 Å². The van der Waals surface area contributed by atoms with E-state index in [-0.39, 0.29) is 24.7 Å². The maximum Gasteiger partial charge on any atom is 0.320 e. The Hall–Kier alpha value is -0.610. The normalized spacial score (nSPS) is 12.9. The Labute approximate surface area is 86.0 Å². The summed E-state index contributed by atoms with van der Waals surface area (Å²) in [5.74, 6) is -0.219. The second kappa shape index (κ2) is 7.76. The van der Waals surface area contributed by atoms with Crippen molar-refractivity contribution in [1.29, 1.82) is 0 Å². The van der Waals surface area contributed by atoms with Crippen molar-refractivity contribution in [2.24, 2.45) is 0 Å². The van der Waals surface area contributed by atoms with Gasteiger partial charge in [-0.25, -0.2) is 0 Å². The summed E-state index contributed by atoms with van der Waals surface area (Å²) in [6.45, 7) is 9.19. The van der Waals surface area contributed by atoms with Crippen LogP contribution in [0.15, 0.2) is 0 Å². The fourth-order valence-corrected chi connectivity index (χ4v) is 1.03. The van der Waals surface area contributed by atoms with Crippen LogP contribution in [0.5, 0.6) is 0 Å². The number of nitrogens with one attached hydrogen (secondary N) is 1. The van der Waals surface area contributed by atoms with Crippen LogP contribution in [0.4, 0.5) is 0 Å². The molecule has 0 bridgehead atoms. The van der Waals surface area contributed by atoms with Crippen LogP contribution in [0, 0.1) is 0 Å². The molecule has 0 aromatic carbocycles. The smallest absolute Gasteiger partial charge is 0.320 e. The fraction of sp³-hybridized carbons (Fsp3) is 0.900. The van der Waals surface area contributed by atoms with Crippen molar-refractivity contribution < 1.29 is 14.3 Å². The second-order valence-corrected chi connectivity index (χ2v) is 3.44. The summed E-state index contributed by atoms with van der Waals surface area (Å²) in [5, 5.41) is 2.98. The van der Waals surface area contributed by atoms with E-state index in [0.717, 1.165) is 0 Å². The van der Waals surface area contributed by atoms with Crippen LogP contribution in [-0.2, 0) is 14.3 Å². The summed E-state index contributed by atoms with van der Waals surface area (Å²) in [6, 6.07) is 0. The Balaban J connectivity index is 3.39. The highest BCUT2D eigenvalue weighted by Gasteiger charge is 2.06. The second-order valence-electron chi connectivity index (χ2n) is 3.44. The van der Waals surface area contributed by atoms with Gasteiger partial charge in [0.05, 0.1) is 18.8 Å². The van der Waals surface area contributed by atoms with Crippen LogP contribution in [-0.4, -0.2) is 37.9 Å². The van der Waals surface area contributed by atoms with Crippen molar-refractivity contribution in [3.05, 3.63) is 0 Å². The summed E-state index contributed by atoms with van der Waals surface area (Å²) >= 11 is 0. The molecule has 1 atom stereocenters. The quantitative estimate of drug-likeness (QED) is 0.626. The maximum absolute atomic E-state index is 11.1. The number of hydrogen-bond acceptors (Lipinski definition) is 4. The molecule has 1 unspecified atom stereocenters. The van der Waals surface area contributed by atoms with Gasteiger partial charge in [-0.1, -0.05) is 0 Å². The SMILES string of the molecule is CCOC(C)CNCC(=O)OC(C)C. The van der Waals surface area contributed by atoms with Gasteiger partial charge in [0, 0.05) is 13.2 Å². The van der Waals surface area contributed by atoms with Gasteiger partial charge >= 0.3 is 5.97 Å². The van der Waals surface area contributed by atoms with Gasteiger partial charge in [-0.05, 0) is 27.7 Å². The first-order valence-electron chi connectivity index (χ1n) is 5.08. The molecule has 14 heavy (non-hydrogen) atoms. The van der Waals surface area contributed by atoms with Gasteiger partial charge in [0.25, 0.3) is 0 Å². The highest BCUT2D eigenvalue weighted by atomic mass is 16.5. The average molecular weight is 203 g/mol. The lowest BCUT2D eigenvalue weighted by Gasteiger charge is -2.13. The van der Waals surface area contributed by atoms with E-state index in [2.05, 4.69) is 5.32 Å². The molecular weight excluding hydrogens is 182 g/mol. The summed E-state index contributed by atoms with van der Waals surface area (Å²) in [4.78, 5) is 11.1. The number of hydrogen-bond donors (Lipinski definition) is 1. The summed E-state index contributed by atoms with van der Waals surface area (Å²) in [5.41, 5.74) is 0. The Morgan fingerprint density at radius 3 is 2.50 bits per heavy atom. The number of carbonyl (C=O) groups excluding carboxylic acids is 1. The van der Waals surface area contributed by atoms with E-state index in [0.29, 0.717) is 13.2 Å². The molecule has 0 radical (unpaired) electrons. The zero-order valence-electron chi connectivity index (χ0n) is 9.50. The molecule has 0 aromatic rings. The molecule has 0 saturated heterocycles.